The topological polar surface area (TPSA) is 51.9 Å². The summed E-state index contributed by atoms with van der Waals surface area (Å²) < 4.78 is 65.1. The zero-order valence-corrected chi connectivity index (χ0v) is 16.8. The lowest BCUT2D eigenvalue weighted by Gasteiger charge is -2.31. The molecule has 1 unspecified atom stereocenters. The molecule has 1 aliphatic heterocycles. The van der Waals surface area contributed by atoms with Crippen LogP contribution in [0.5, 0.6) is 0 Å². The summed E-state index contributed by atoms with van der Waals surface area (Å²) in [6.07, 6.45) is -3.56. The summed E-state index contributed by atoms with van der Waals surface area (Å²) in [5.74, 6) is -3.29. The number of rotatable bonds is 7. The number of allylic oxidation sites excluding steroid dienone is 2. The highest BCUT2D eigenvalue weighted by Gasteiger charge is 2.42. The first-order valence-corrected chi connectivity index (χ1v) is 9.26. The second-order valence-corrected chi connectivity index (χ2v) is 6.72. The van der Waals surface area contributed by atoms with Crippen LogP contribution in [0, 0.1) is 12.4 Å². The van der Waals surface area contributed by atoms with Crippen LogP contribution in [0.4, 0.5) is 17.6 Å². The van der Waals surface area contributed by atoms with E-state index in [0.29, 0.717) is 12.5 Å². The Bertz CT molecular complexity index is 914. The van der Waals surface area contributed by atoms with Gasteiger partial charge in [0.25, 0.3) is 0 Å². The van der Waals surface area contributed by atoms with Crippen LogP contribution in [0.1, 0.15) is 43.7 Å². The maximum atomic E-state index is 13.7. The Morgan fingerprint density at radius 3 is 2.60 bits per heavy atom. The number of unbranched alkanes of at least 4 members (excludes halogenated alkanes) is 1. The average molecular weight is 426 g/mol. The van der Waals surface area contributed by atoms with Crippen LogP contribution in [0.25, 0.3) is 4.85 Å². The van der Waals surface area contributed by atoms with Gasteiger partial charge in [-0.1, -0.05) is 19.4 Å². The van der Waals surface area contributed by atoms with Gasteiger partial charge < -0.3 is 14.8 Å². The number of nitrogens with one attached hydrogen (secondary N) is 1. The summed E-state index contributed by atoms with van der Waals surface area (Å²) in [5.41, 5.74) is -1.42. The number of alkyl halides is 3. The van der Waals surface area contributed by atoms with Crippen molar-refractivity contribution in [2.24, 2.45) is 0 Å². The molecule has 1 N–H and O–H groups in total. The number of dihydropyridines is 1. The predicted molar refractivity (Wildman–Crippen MR) is 101 cm³/mol. The molecule has 1 aromatic rings. The second kappa shape index (κ2) is 9.76. The zero-order valence-electron chi connectivity index (χ0n) is 16.8. The molecule has 30 heavy (non-hydrogen) atoms. The molecule has 1 aliphatic rings. The van der Waals surface area contributed by atoms with Crippen molar-refractivity contribution in [2.45, 2.75) is 38.8 Å². The molecule has 0 amide bonds. The van der Waals surface area contributed by atoms with Gasteiger partial charge >= 0.3 is 12.1 Å². The van der Waals surface area contributed by atoms with Gasteiger partial charge in [0.1, 0.15) is 5.82 Å². The molecule has 0 saturated carbocycles. The van der Waals surface area contributed by atoms with Crippen molar-refractivity contribution in [1.82, 2.24) is 5.32 Å². The summed E-state index contributed by atoms with van der Waals surface area (Å²) in [6.45, 7) is 10.9. The van der Waals surface area contributed by atoms with Crippen LogP contribution in [0.3, 0.4) is 0 Å². The number of halogens is 4. The SMILES string of the molecule is [C-]#[N+]C1=C(C)NC(COC)=C(C(=O)OCCCC)C1c1ccc(F)cc1C(F)(F)F. The van der Waals surface area contributed by atoms with E-state index in [0.717, 1.165) is 18.6 Å². The van der Waals surface area contributed by atoms with Crippen molar-refractivity contribution in [2.75, 3.05) is 20.3 Å². The largest absolute Gasteiger partial charge is 0.462 e. The maximum Gasteiger partial charge on any atom is 0.416 e. The fourth-order valence-corrected chi connectivity index (χ4v) is 3.25. The summed E-state index contributed by atoms with van der Waals surface area (Å²) in [5, 5.41) is 2.87. The molecular formula is C21H22F4N2O3. The Balaban J connectivity index is 2.74. The number of hydrogen-bond donors (Lipinski definition) is 1. The number of carbonyl (C=O) groups is 1. The van der Waals surface area contributed by atoms with Gasteiger partial charge in [-0.25, -0.2) is 14.0 Å². The molecule has 0 aliphatic carbocycles. The molecule has 0 saturated heterocycles. The van der Waals surface area contributed by atoms with Crippen molar-refractivity contribution in [3.8, 4) is 0 Å². The third-order valence-electron chi connectivity index (χ3n) is 4.60. The Morgan fingerprint density at radius 1 is 1.33 bits per heavy atom. The van der Waals surface area contributed by atoms with Crippen LogP contribution in [0.2, 0.25) is 0 Å². The van der Waals surface area contributed by atoms with Crippen molar-refractivity contribution >= 4 is 5.97 Å². The van der Waals surface area contributed by atoms with Crippen molar-refractivity contribution in [3.05, 3.63) is 69.2 Å². The van der Waals surface area contributed by atoms with Gasteiger partial charge in [-0.05, 0) is 31.0 Å². The lowest BCUT2D eigenvalue weighted by molar-refractivity contribution is -0.141. The lowest BCUT2D eigenvalue weighted by Crippen LogP contribution is -2.32. The van der Waals surface area contributed by atoms with E-state index in [2.05, 4.69) is 10.2 Å². The van der Waals surface area contributed by atoms with Crippen LogP contribution in [-0.2, 0) is 20.4 Å². The van der Waals surface area contributed by atoms with Crippen molar-refractivity contribution < 1.29 is 31.8 Å². The Labute approximate surface area is 172 Å². The molecule has 0 bridgehead atoms. The summed E-state index contributed by atoms with van der Waals surface area (Å²) >= 11 is 0. The molecule has 0 radical (unpaired) electrons. The second-order valence-electron chi connectivity index (χ2n) is 6.72. The number of benzene rings is 1. The molecule has 1 atom stereocenters. The van der Waals surface area contributed by atoms with Crippen molar-refractivity contribution in [3.63, 3.8) is 0 Å². The fraction of sp³-hybridized carbons (Fsp3) is 0.429. The first kappa shape index (κ1) is 23.4. The average Bonchev–Trinajstić information content (AvgIpc) is 2.67. The fourth-order valence-electron chi connectivity index (χ4n) is 3.25. The van der Waals surface area contributed by atoms with E-state index in [1.54, 1.807) is 0 Å². The van der Waals surface area contributed by atoms with E-state index in [-0.39, 0.29) is 35.9 Å². The van der Waals surface area contributed by atoms with E-state index in [1.807, 2.05) is 6.92 Å². The van der Waals surface area contributed by atoms with E-state index in [1.165, 1.54) is 14.0 Å². The highest BCUT2D eigenvalue weighted by atomic mass is 19.4. The molecule has 9 heteroatoms. The predicted octanol–water partition coefficient (Wildman–Crippen LogP) is 4.93. The number of nitrogens with zero attached hydrogens (tertiary/aromatic N) is 1. The van der Waals surface area contributed by atoms with Gasteiger partial charge in [0.05, 0.1) is 42.5 Å². The van der Waals surface area contributed by atoms with Gasteiger partial charge in [0.2, 0.25) is 0 Å². The molecule has 1 heterocycles. The normalized spacial score (nSPS) is 16.9. The minimum absolute atomic E-state index is 0.0808. The highest BCUT2D eigenvalue weighted by Crippen LogP contribution is 2.44. The van der Waals surface area contributed by atoms with Gasteiger partial charge in [-0.2, -0.15) is 13.2 Å². The van der Waals surface area contributed by atoms with Crippen molar-refractivity contribution in [1.29, 1.82) is 0 Å². The first-order valence-electron chi connectivity index (χ1n) is 9.26. The number of hydrogen-bond acceptors (Lipinski definition) is 4. The molecular weight excluding hydrogens is 404 g/mol. The van der Waals surface area contributed by atoms with E-state index >= 15 is 0 Å². The quantitative estimate of drug-likeness (QED) is 0.291. The number of carbonyl (C=O) groups excluding carboxylic acids is 1. The van der Waals surface area contributed by atoms with Crippen LogP contribution >= 0.6 is 0 Å². The van der Waals surface area contributed by atoms with Gasteiger partial charge in [-0.15, -0.1) is 0 Å². The number of ether oxygens (including phenoxy) is 2. The zero-order chi connectivity index (χ0) is 22.5. The molecule has 1 aromatic carbocycles. The van der Waals surface area contributed by atoms with E-state index < -0.39 is 35.0 Å². The van der Waals surface area contributed by atoms with Gasteiger partial charge in [-0.3, -0.25) is 0 Å². The Kier molecular flexibility index (Phi) is 7.62. The standard InChI is InChI=1S/C21H22F4N2O3/c1-5-6-9-30-20(28)18-16(11-29-4)27-12(2)19(26-3)17(18)14-8-7-13(22)10-15(14)21(23,24)25/h7-8,10,17,27H,5-6,9,11H2,1-2,4H3. The number of methoxy groups -OCH3 is 1. The summed E-state index contributed by atoms with van der Waals surface area (Å²) in [7, 11) is 1.37. The van der Waals surface area contributed by atoms with E-state index in [4.69, 9.17) is 16.0 Å². The molecule has 2 rings (SSSR count). The van der Waals surface area contributed by atoms with Crippen LogP contribution < -0.4 is 5.32 Å². The molecule has 0 spiro atoms. The Morgan fingerprint density at radius 2 is 2.03 bits per heavy atom. The van der Waals surface area contributed by atoms with Gasteiger partial charge in [0.15, 0.2) is 5.70 Å². The third kappa shape index (κ3) is 5.00. The molecule has 5 nitrogen and oxygen atoms in total. The molecule has 162 valence electrons. The van der Waals surface area contributed by atoms with E-state index in [9.17, 15) is 22.4 Å². The minimum atomic E-state index is -4.89. The molecule has 0 fully saturated rings. The smallest absolute Gasteiger partial charge is 0.416 e. The monoisotopic (exact) mass is 426 g/mol. The minimum Gasteiger partial charge on any atom is -0.462 e. The van der Waals surface area contributed by atoms with Gasteiger partial charge in [0, 0.05) is 12.8 Å². The number of esters is 1. The van der Waals surface area contributed by atoms with Crippen LogP contribution in [0.15, 0.2) is 40.9 Å². The maximum absolute atomic E-state index is 13.7. The van der Waals surface area contributed by atoms with Crippen LogP contribution in [-0.4, -0.2) is 26.3 Å². The third-order valence-corrected chi connectivity index (χ3v) is 4.60. The highest BCUT2D eigenvalue weighted by molar-refractivity contribution is 5.93. The lowest BCUT2D eigenvalue weighted by atomic mass is 9.81. The first-order chi connectivity index (χ1) is 14.1. The molecule has 0 aromatic heterocycles. The Hall–Kier alpha value is -2.86. The summed E-state index contributed by atoms with van der Waals surface area (Å²) in [4.78, 5) is 16.3. The summed E-state index contributed by atoms with van der Waals surface area (Å²) in [6, 6.07) is 2.19.